The first kappa shape index (κ1) is 19.8. The highest BCUT2D eigenvalue weighted by Crippen LogP contribution is 2.15. The molecule has 0 aromatic carbocycles. The summed E-state index contributed by atoms with van der Waals surface area (Å²) in [6.45, 7) is 7.90. The molecule has 6 nitrogen and oxygen atoms in total. The van der Waals surface area contributed by atoms with Crippen LogP contribution in [0.5, 0.6) is 0 Å². The Morgan fingerprint density at radius 2 is 1.95 bits per heavy atom. The predicted molar refractivity (Wildman–Crippen MR) is 95.1 cm³/mol. The van der Waals surface area contributed by atoms with Crippen molar-refractivity contribution in [3.05, 3.63) is 23.7 Å². The van der Waals surface area contributed by atoms with Crippen molar-refractivity contribution in [2.24, 2.45) is 4.99 Å². The van der Waals surface area contributed by atoms with E-state index in [9.17, 15) is 4.79 Å². The molecule has 0 aliphatic heterocycles. The maximum absolute atomic E-state index is 11.6. The lowest BCUT2D eigenvalue weighted by molar-refractivity contribution is -0.120. The van der Waals surface area contributed by atoms with Crippen LogP contribution in [0.1, 0.15) is 38.3 Å². The van der Waals surface area contributed by atoms with Crippen molar-refractivity contribution in [3.8, 4) is 0 Å². The lowest BCUT2D eigenvalue weighted by atomic mass is 10.2. The lowest BCUT2D eigenvalue weighted by Gasteiger charge is -2.16. The Hall–Kier alpha value is -1.25. The number of carbonyl (C=O) groups is 1. The number of aliphatic imine (C=N–C) groups is 1. The Kier molecular flexibility index (Phi) is 9.07. The summed E-state index contributed by atoms with van der Waals surface area (Å²) in [5.74, 6) is 2.19. The van der Waals surface area contributed by atoms with Gasteiger partial charge in [0.25, 0.3) is 0 Å². The third-order valence-corrected chi connectivity index (χ3v) is 2.63. The third-order valence-electron chi connectivity index (χ3n) is 2.63. The molecular weight excluding hydrogens is 383 g/mol. The SMILES string of the molecule is CN=C(NCC(=O)NC(C)C)NC(C)c1ccc(C)o1.I. The van der Waals surface area contributed by atoms with Crippen molar-refractivity contribution in [1.29, 1.82) is 0 Å². The second-order valence-corrected chi connectivity index (χ2v) is 4.96. The van der Waals surface area contributed by atoms with Crippen LogP contribution in [0.15, 0.2) is 21.5 Å². The Labute approximate surface area is 143 Å². The molecule has 1 heterocycles. The molecule has 0 radical (unpaired) electrons. The quantitative estimate of drug-likeness (QED) is 0.396. The minimum absolute atomic E-state index is 0. The number of amides is 1. The highest BCUT2D eigenvalue weighted by atomic mass is 127. The zero-order chi connectivity index (χ0) is 15.1. The van der Waals surface area contributed by atoms with Gasteiger partial charge in [-0.15, -0.1) is 24.0 Å². The van der Waals surface area contributed by atoms with Crippen LogP contribution in [0.3, 0.4) is 0 Å². The van der Waals surface area contributed by atoms with Crippen LogP contribution in [-0.2, 0) is 4.79 Å². The molecule has 1 atom stereocenters. The number of carbonyl (C=O) groups excluding carboxylic acids is 1. The Bertz CT molecular complexity index is 471. The van der Waals surface area contributed by atoms with E-state index >= 15 is 0 Å². The van der Waals surface area contributed by atoms with E-state index in [4.69, 9.17) is 4.42 Å². The number of hydrogen-bond acceptors (Lipinski definition) is 3. The van der Waals surface area contributed by atoms with Gasteiger partial charge in [0.15, 0.2) is 5.96 Å². The third kappa shape index (κ3) is 7.35. The summed E-state index contributed by atoms with van der Waals surface area (Å²) in [4.78, 5) is 15.6. The first-order valence-electron chi connectivity index (χ1n) is 6.75. The fourth-order valence-corrected chi connectivity index (χ4v) is 1.69. The van der Waals surface area contributed by atoms with Crippen LogP contribution in [0.4, 0.5) is 0 Å². The molecular formula is C14H25IN4O2. The van der Waals surface area contributed by atoms with Crippen molar-refractivity contribution in [3.63, 3.8) is 0 Å². The van der Waals surface area contributed by atoms with E-state index in [2.05, 4.69) is 20.9 Å². The predicted octanol–water partition coefficient (Wildman–Crippen LogP) is 1.96. The van der Waals surface area contributed by atoms with Gasteiger partial charge in [-0.05, 0) is 39.8 Å². The molecule has 1 aromatic rings. The number of rotatable bonds is 5. The zero-order valence-corrected chi connectivity index (χ0v) is 15.5. The van der Waals surface area contributed by atoms with Gasteiger partial charge in [-0.1, -0.05) is 0 Å². The van der Waals surface area contributed by atoms with Crippen LogP contribution >= 0.6 is 24.0 Å². The monoisotopic (exact) mass is 408 g/mol. The van der Waals surface area contributed by atoms with Crippen LogP contribution in [0.25, 0.3) is 0 Å². The first-order chi connectivity index (χ1) is 9.42. The van der Waals surface area contributed by atoms with E-state index < -0.39 is 0 Å². The highest BCUT2D eigenvalue weighted by molar-refractivity contribution is 14.0. The van der Waals surface area contributed by atoms with Crippen LogP contribution in [0.2, 0.25) is 0 Å². The van der Waals surface area contributed by atoms with Crippen LogP contribution in [0, 0.1) is 6.92 Å². The van der Waals surface area contributed by atoms with Crippen molar-refractivity contribution < 1.29 is 9.21 Å². The van der Waals surface area contributed by atoms with Gasteiger partial charge in [-0.2, -0.15) is 0 Å². The largest absolute Gasteiger partial charge is 0.464 e. The molecule has 3 N–H and O–H groups in total. The fourth-order valence-electron chi connectivity index (χ4n) is 1.69. The Balaban J connectivity index is 0.00000400. The Morgan fingerprint density at radius 1 is 1.29 bits per heavy atom. The first-order valence-corrected chi connectivity index (χ1v) is 6.75. The summed E-state index contributed by atoms with van der Waals surface area (Å²) >= 11 is 0. The van der Waals surface area contributed by atoms with Crippen molar-refractivity contribution in [2.45, 2.75) is 39.8 Å². The standard InChI is InChI=1S/C14H24N4O2.HI/c1-9(2)17-13(19)8-16-14(15-5)18-11(4)12-7-6-10(3)20-12;/h6-7,9,11H,8H2,1-5H3,(H,17,19)(H2,15,16,18);1H. The summed E-state index contributed by atoms with van der Waals surface area (Å²) in [6.07, 6.45) is 0. The van der Waals surface area contributed by atoms with E-state index in [0.29, 0.717) is 5.96 Å². The number of aryl methyl sites for hydroxylation is 1. The maximum Gasteiger partial charge on any atom is 0.239 e. The van der Waals surface area contributed by atoms with E-state index in [-0.39, 0.29) is 48.5 Å². The van der Waals surface area contributed by atoms with Crippen molar-refractivity contribution in [1.82, 2.24) is 16.0 Å². The highest BCUT2D eigenvalue weighted by Gasteiger charge is 2.12. The molecule has 0 bridgehead atoms. The molecule has 21 heavy (non-hydrogen) atoms. The molecule has 1 rings (SSSR count). The topological polar surface area (TPSA) is 78.7 Å². The summed E-state index contributed by atoms with van der Waals surface area (Å²) < 4.78 is 5.54. The second-order valence-electron chi connectivity index (χ2n) is 4.96. The molecule has 0 fully saturated rings. The number of nitrogens with zero attached hydrogens (tertiary/aromatic N) is 1. The molecule has 0 saturated heterocycles. The summed E-state index contributed by atoms with van der Waals surface area (Å²) in [5.41, 5.74) is 0. The molecule has 0 aliphatic carbocycles. The van der Waals surface area contributed by atoms with Gasteiger partial charge < -0.3 is 20.4 Å². The minimum Gasteiger partial charge on any atom is -0.464 e. The summed E-state index contributed by atoms with van der Waals surface area (Å²) in [6, 6.07) is 3.94. The smallest absolute Gasteiger partial charge is 0.239 e. The molecule has 0 spiro atoms. The lowest BCUT2D eigenvalue weighted by Crippen LogP contribution is -2.45. The number of guanidine groups is 1. The van der Waals surface area contributed by atoms with E-state index in [1.165, 1.54) is 0 Å². The molecule has 0 aliphatic rings. The maximum atomic E-state index is 11.6. The minimum atomic E-state index is -0.0653. The van der Waals surface area contributed by atoms with Crippen molar-refractivity contribution >= 4 is 35.8 Å². The van der Waals surface area contributed by atoms with Gasteiger partial charge in [-0.3, -0.25) is 9.79 Å². The van der Waals surface area contributed by atoms with Gasteiger partial charge in [-0.25, -0.2) is 0 Å². The molecule has 1 unspecified atom stereocenters. The van der Waals surface area contributed by atoms with E-state index in [1.54, 1.807) is 7.05 Å². The number of hydrogen-bond donors (Lipinski definition) is 3. The van der Waals surface area contributed by atoms with Gasteiger partial charge in [0.2, 0.25) is 5.91 Å². The normalized spacial score (nSPS) is 12.6. The summed E-state index contributed by atoms with van der Waals surface area (Å²) in [5, 5.41) is 8.95. The number of nitrogens with one attached hydrogen (secondary N) is 3. The van der Waals surface area contributed by atoms with Crippen molar-refractivity contribution in [2.75, 3.05) is 13.6 Å². The van der Waals surface area contributed by atoms with Gasteiger partial charge in [0, 0.05) is 13.1 Å². The molecule has 120 valence electrons. The van der Waals surface area contributed by atoms with Gasteiger partial charge in [0.1, 0.15) is 11.5 Å². The fraction of sp³-hybridized carbons (Fsp3) is 0.571. The average Bonchev–Trinajstić information content (AvgIpc) is 2.80. The number of furan rings is 1. The van der Waals surface area contributed by atoms with Gasteiger partial charge >= 0.3 is 0 Å². The second kappa shape index (κ2) is 9.64. The summed E-state index contributed by atoms with van der Waals surface area (Å²) in [7, 11) is 1.66. The zero-order valence-electron chi connectivity index (χ0n) is 13.2. The molecule has 1 amide bonds. The molecule has 0 saturated carbocycles. The van der Waals surface area contributed by atoms with Gasteiger partial charge in [0.05, 0.1) is 12.6 Å². The van der Waals surface area contributed by atoms with E-state index in [1.807, 2.05) is 39.8 Å². The number of halogens is 1. The molecule has 1 aromatic heterocycles. The Morgan fingerprint density at radius 3 is 2.43 bits per heavy atom. The average molecular weight is 408 g/mol. The van der Waals surface area contributed by atoms with E-state index in [0.717, 1.165) is 11.5 Å². The van der Waals surface area contributed by atoms with Crippen LogP contribution in [-0.4, -0.2) is 31.5 Å². The molecule has 7 heteroatoms. The van der Waals surface area contributed by atoms with Crippen LogP contribution < -0.4 is 16.0 Å².